The first-order valence-corrected chi connectivity index (χ1v) is 10.6. The molecule has 0 aliphatic carbocycles. The molecular weight excluding hydrogens is 430 g/mol. The molecule has 10 heteroatoms. The maximum atomic E-state index is 11.3. The SMILES string of the molecule is Nc1c(Cc2ccc(NS(=O)[O-])cc2)c(-c2ccccc2)nn1-c1cccc(C(=O)O)n1. The first-order valence-electron chi connectivity index (χ1n) is 9.51. The Morgan fingerprint density at radius 3 is 2.44 bits per heavy atom. The van der Waals surface area contributed by atoms with Gasteiger partial charge in [-0.2, -0.15) is 9.78 Å². The molecule has 2 aromatic carbocycles. The minimum atomic E-state index is -2.40. The Balaban J connectivity index is 1.78. The van der Waals surface area contributed by atoms with Gasteiger partial charge in [-0.25, -0.2) is 9.78 Å². The third-order valence-electron chi connectivity index (χ3n) is 4.78. The van der Waals surface area contributed by atoms with Gasteiger partial charge >= 0.3 is 5.97 Å². The van der Waals surface area contributed by atoms with E-state index in [1.54, 1.807) is 36.4 Å². The average Bonchev–Trinajstić information content (AvgIpc) is 3.11. The van der Waals surface area contributed by atoms with Gasteiger partial charge in [-0.1, -0.05) is 48.5 Å². The number of nitrogens with zero attached hydrogens (tertiary/aromatic N) is 3. The molecule has 0 aliphatic rings. The van der Waals surface area contributed by atoms with Crippen molar-refractivity contribution in [2.75, 3.05) is 10.5 Å². The molecule has 0 radical (unpaired) electrons. The topological polar surface area (TPSA) is 146 Å². The van der Waals surface area contributed by atoms with Gasteiger partial charge in [0.05, 0.1) is 5.69 Å². The Morgan fingerprint density at radius 1 is 1.06 bits per heavy atom. The summed E-state index contributed by atoms with van der Waals surface area (Å²) in [4.78, 5) is 15.5. The van der Waals surface area contributed by atoms with Crippen LogP contribution in [-0.4, -0.2) is 34.6 Å². The van der Waals surface area contributed by atoms with Crippen LogP contribution in [0.1, 0.15) is 21.6 Å². The van der Waals surface area contributed by atoms with Gasteiger partial charge in [-0.15, -0.1) is 0 Å². The van der Waals surface area contributed by atoms with Gasteiger partial charge in [0.25, 0.3) is 0 Å². The number of rotatable bonds is 7. The summed E-state index contributed by atoms with van der Waals surface area (Å²) in [7, 11) is 0. The second-order valence-electron chi connectivity index (χ2n) is 6.89. The van der Waals surface area contributed by atoms with E-state index in [4.69, 9.17) is 5.73 Å². The number of carbonyl (C=O) groups is 1. The second-order valence-corrected chi connectivity index (χ2v) is 7.56. The number of aromatic nitrogens is 3. The van der Waals surface area contributed by atoms with Gasteiger partial charge in [-0.3, -0.25) is 4.21 Å². The molecule has 0 fully saturated rings. The number of pyridine rings is 1. The number of hydrogen-bond donors (Lipinski definition) is 3. The maximum absolute atomic E-state index is 11.3. The van der Waals surface area contributed by atoms with Crippen LogP contribution in [-0.2, 0) is 17.7 Å². The summed E-state index contributed by atoms with van der Waals surface area (Å²) in [6.45, 7) is 0. The summed E-state index contributed by atoms with van der Waals surface area (Å²) in [5, 5.41) is 13.9. The molecule has 0 spiro atoms. The van der Waals surface area contributed by atoms with E-state index in [2.05, 4.69) is 14.8 Å². The first kappa shape index (κ1) is 21.2. The van der Waals surface area contributed by atoms with E-state index in [0.717, 1.165) is 16.7 Å². The van der Waals surface area contributed by atoms with Gasteiger partial charge in [0.2, 0.25) is 0 Å². The van der Waals surface area contributed by atoms with Gasteiger partial charge in [0.15, 0.2) is 11.5 Å². The van der Waals surface area contributed by atoms with Crippen molar-refractivity contribution in [2.45, 2.75) is 6.42 Å². The van der Waals surface area contributed by atoms with Crippen molar-refractivity contribution >= 4 is 28.7 Å². The highest BCUT2D eigenvalue weighted by atomic mass is 32.2. The molecule has 4 N–H and O–H groups in total. The molecule has 0 saturated carbocycles. The molecule has 9 nitrogen and oxygen atoms in total. The number of aromatic carboxylic acids is 1. The van der Waals surface area contributed by atoms with Crippen LogP contribution < -0.4 is 10.5 Å². The lowest BCUT2D eigenvalue weighted by Gasteiger charge is -2.10. The predicted molar refractivity (Wildman–Crippen MR) is 120 cm³/mol. The maximum Gasteiger partial charge on any atom is 0.354 e. The van der Waals surface area contributed by atoms with Crippen LogP contribution in [0, 0.1) is 0 Å². The molecular formula is C22H18N5O4S-. The normalized spacial score (nSPS) is 11.8. The average molecular weight is 448 g/mol. The van der Waals surface area contributed by atoms with E-state index in [9.17, 15) is 18.7 Å². The van der Waals surface area contributed by atoms with Crippen molar-refractivity contribution < 1.29 is 18.7 Å². The molecule has 4 rings (SSSR count). The molecule has 2 aromatic heterocycles. The highest BCUT2D eigenvalue weighted by Crippen LogP contribution is 2.31. The van der Waals surface area contributed by atoms with E-state index >= 15 is 0 Å². The number of nitrogen functional groups attached to an aromatic ring is 1. The van der Waals surface area contributed by atoms with Crippen LogP contribution in [0.5, 0.6) is 0 Å². The zero-order valence-electron chi connectivity index (χ0n) is 16.6. The number of benzene rings is 2. The summed E-state index contributed by atoms with van der Waals surface area (Å²) in [6, 6.07) is 21.0. The predicted octanol–water partition coefficient (Wildman–Crippen LogP) is 3.01. The summed E-state index contributed by atoms with van der Waals surface area (Å²) < 4.78 is 25.4. The second kappa shape index (κ2) is 9.00. The highest BCUT2D eigenvalue weighted by molar-refractivity contribution is 7.80. The van der Waals surface area contributed by atoms with Crippen LogP contribution in [0.4, 0.5) is 11.5 Å². The number of nitrogens with one attached hydrogen (secondary N) is 1. The van der Waals surface area contributed by atoms with E-state index in [1.165, 1.54) is 10.7 Å². The fraction of sp³-hybridized carbons (Fsp3) is 0.0455. The van der Waals surface area contributed by atoms with Gasteiger partial charge in [-0.05, 0) is 29.8 Å². The van der Waals surface area contributed by atoms with Crippen LogP contribution in [0.15, 0.2) is 72.8 Å². The van der Waals surface area contributed by atoms with Crippen molar-refractivity contribution in [3.05, 3.63) is 89.6 Å². The van der Waals surface area contributed by atoms with E-state index in [-0.39, 0.29) is 5.69 Å². The quantitative estimate of drug-likeness (QED) is 0.368. The molecule has 162 valence electrons. The summed E-state index contributed by atoms with van der Waals surface area (Å²) in [5.74, 6) is -0.515. The van der Waals surface area contributed by atoms with Crippen LogP contribution in [0.2, 0.25) is 0 Å². The Bertz CT molecular complexity index is 1290. The number of nitrogens with two attached hydrogens (primary N) is 1. The number of anilines is 2. The van der Waals surface area contributed by atoms with E-state index in [0.29, 0.717) is 29.4 Å². The van der Waals surface area contributed by atoms with Gasteiger partial charge in [0.1, 0.15) is 5.82 Å². The summed E-state index contributed by atoms with van der Waals surface area (Å²) >= 11 is -2.40. The largest absolute Gasteiger partial charge is 0.755 e. The molecule has 32 heavy (non-hydrogen) atoms. The van der Waals surface area contributed by atoms with Crippen molar-refractivity contribution in [3.63, 3.8) is 0 Å². The molecule has 4 aromatic rings. The lowest BCUT2D eigenvalue weighted by molar-refractivity contribution is 0.0690. The van der Waals surface area contributed by atoms with Crippen molar-refractivity contribution in [1.82, 2.24) is 14.8 Å². The molecule has 0 aliphatic heterocycles. The standard InChI is InChI=1S/C22H19N5O4S/c23-21-17(13-14-9-11-16(12-10-14)26-32(30)31)20(15-5-2-1-3-6-15)25-27(21)19-8-4-7-18(24-19)22(28)29/h1-12,26H,13,23H2,(H,28,29)(H,30,31)/p-1. The van der Waals surface area contributed by atoms with Crippen LogP contribution >= 0.6 is 0 Å². The Labute approximate surface area is 186 Å². The lowest BCUT2D eigenvalue weighted by Crippen LogP contribution is -2.08. The molecule has 1 atom stereocenters. The van der Waals surface area contributed by atoms with Crippen molar-refractivity contribution in [2.24, 2.45) is 0 Å². The monoisotopic (exact) mass is 448 g/mol. The Kier molecular flexibility index (Phi) is 5.97. The van der Waals surface area contributed by atoms with Crippen LogP contribution in [0.3, 0.4) is 0 Å². The van der Waals surface area contributed by atoms with Gasteiger partial charge in [0, 0.05) is 34.5 Å². The molecule has 0 amide bonds. The van der Waals surface area contributed by atoms with E-state index in [1.807, 2.05) is 30.3 Å². The molecule has 2 heterocycles. The third-order valence-corrected chi connectivity index (χ3v) is 5.18. The zero-order chi connectivity index (χ0) is 22.7. The van der Waals surface area contributed by atoms with Crippen LogP contribution in [0.25, 0.3) is 17.1 Å². The fourth-order valence-electron chi connectivity index (χ4n) is 3.29. The van der Waals surface area contributed by atoms with Crippen molar-refractivity contribution in [1.29, 1.82) is 0 Å². The third kappa shape index (κ3) is 4.51. The summed E-state index contributed by atoms with van der Waals surface area (Å²) in [6.07, 6.45) is 0.426. The minimum absolute atomic E-state index is 0.112. The molecule has 0 saturated heterocycles. The van der Waals surface area contributed by atoms with Gasteiger partial charge < -0.3 is 20.1 Å². The number of carboxylic acid groups (broad SMARTS) is 1. The first-order chi connectivity index (χ1) is 15.4. The zero-order valence-corrected chi connectivity index (χ0v) is 17.5. The van der Waals surface area contributed by atoms with Crippen molar-refractivity contribution in [3.8, 4) is 17.1 Å². The minimum Gasteiger partial charge on any atom is -0.755 e. The molecule has 1 unspecified atom stereocenters. The van der Waals surface area contributed by atoms with E-state index < -0.39 is 17.2 Å². The highest BCUT2D eigenvalue weighted by Gasteiger charge is 2.20. The smallest absolute Gasteiger partial charge is 0.354 e. The number of carboxylic acids is 1. The Morgan fingerprint density at radius 2 is 1.78 bits per heavy atom. The summed E-state index contributed by atoms with van der Waals surface area (Å²) in [5.41, 5.74) is 9.93. The number of hydrogen-bond acceptors (Lipinski definition) is 6. The fourth-order valence-corrected chi connectivity index (χ4v) is 3.62. The molecule has 0 bridgehead atoms. The lowest BCUT2D eigenvalue weighted by atomic mass is 10.0. The Hall–Kier alpha value is -4.02.